The second kappa shape index (κ2) is 5.34. The molecule has 0 heterocycles. The number of benzene rings is 1. The Kier molecular flexibility index (Phi) is 4.35. The van der Waals surface area contributed by atoms with Gasteiger partial charge in [0.05, 0.1) is 5.92 Å². The lowest BCUT2D eigenvalue weighted by molar-refractivity contribution is -0.181. The first-order chi connectivity index (χ1) is 7.46. The Balaban J connectivity index is 2.87. The van der Waals surface area contributed by atoms with Crippen LogP contribution in [0.5, 0.6) is 0 Å². The standard InChI is InChI=1S/C12H16F3N/c1-9(10-5-3-2-4-6-10)11(7-8-16)12(13,14)15/h2-6,9,11H,7-8,16H2,1H3. The van der Waals surface area contributed by atoms with Crippen molar-refractivity contribution in [3.63, 3.8) is 0 Å². The summed E-state index contributed by atoms with van der Waals surface area (Å²) in [7, 11) is 0. The third kappa shape index (κ3) is 3.23. The molecule has 1 nitrogen and oxygen atoms in total. The van der Waals surface area contributed by atoms with E-state index in [4.69, 9.17) is 5.73 Å². The Morgan fingerprint density at radius 3 is 2.19 bits per heavy atom. The summed E-state index contributed by atoms with van der Waals surface area (Å²) in [6.07, 6.45) is -4.21. The van der Waals surface area contributed by atoms with E-state index in [1.807, 2.05) is 0 Å². The third-order valence-electron chi connectivity index (χ3n) is 2.83. The fourth-order valence-corrected chi connectivity index (χ4v) is 1.87. The Morgan fingerprint density at radius 2 is 1.75 bits per heavy atom. The third-order valence-corrected chi connectivity index (χ3v) is 2.83. The SMILES string of the molecule is CC(c1ccccc1)C(CCN)C(F)(F)F. The first-order valence-corrected chi connectivity index (χ1v) is 5.28. The fraction of sp³-hybridized carbons (Fsp3) is 0.500. The molecule has 2 unspecified atom stereocenters. The van der Waals surface area contributed by atoms with Crippen molar-refractivity contribution in [2.24, 2.45) is 11.7 Å². The monoisotopic (exact) mass is 231 g/mol. The summed E-state index contributed by atoms with van der Waals surface area (Å²) < 4.78 is 38.4. The smallest absolute Gasteiger partial charge is 0.330 e. The van der Waals surface area contributed by atoms with Crippen LogP contribution in [0.1, 0.15) is 24.8 Å². The lowest BCUT2D eigenvalue weighted by Crippen LogP contribution is -2.30. The molecule has 0 spiro atoms. The number of nitrogens with two attached hydrogens (primary N) is 1. The molecular weight excluding hydrogens is 215 g/mol. The Labute approximate surface area is 93.5 Å². The molecule has 1 rings (SSSR count). The van der Waals surface area contributed by atoms with Gasteiger partial charge in [0.15, 0.2) is 0 Å². The van der Waals surface area contributed by atoms with E-state index in [0.29, 0.717) is 5.56 Å². The van der Waals surface area contributed by atoms with Crippen molar-refractivity contribution in [2.45, 2.75) is 25.4 Å². The zero-order chi connectivity index (χ0) is 12.2. The summed E-state index contributed by atoms with van der Waals surface area (Å²) >= 11 is 0. The molecule has 0 saturated heterocycles. The highest BCUT2D eigenvalue weighted by Crippen LogP contribution is 2.39. The average Bonchev–Trinajstić information content (AvgIpc) is 2.25. The van der Waals surface area contributed by atoms with Crippen LogP contribution in [0, 0.1) is 5.92 Å². The minimum Gasteiger partial charge on any atom is -0.330 e. The van der Waals surface area contributed by atoms with E-state index in [0.717, 1.165) is 0 Å². The second-order valence-corrected chi connectivity index (χ2v) is 3.92. The van der Waals surface area contributed by atoms with Crippen molar-refractivity contribution in [1.29, 1.82) is 0 Å². The zero-order valence-corrected chi connectivity index (χ0v) is 9.17. The summed E-state index contributed by atoms with van der Waals surface area (Å²) in [4.78, 5) is 0. The van der Waals surface area contributed by atoms with Crippen LogP contribution in [0.4, 0.5) is 13.2 Å². The largest absolute Gasteiger partial charge is 0.392 e. The molecule has 1 aromatic carbocycles. The molecule has 0 aliphatic carbocycles. The molecule has 2 N–H and O–H groups in total. The summed E-state index contributed by atoms with van der Waals surface area (Å²) in [6, 6.07) is 8.74. The molecule has 16 heavy (non-hydrogen) atoms. The molecular formula is C12H16F3N. The van der Waals surface area contributed by atoms with Crippen LogP contribution in [0.15, 0.2) is 30.3 Å². The maximum absolute atomic E-state index is 12.8. The van der Waals surface area contributed by atoms with Crippen LogP contribution in [0.25, 0.3) is 0 Å². The van der Waals surface area contributed by atoms with Crippen molar-refractivity contribution >= 4 is 0 Å². The van der Waals surface area contributed by atoms with Crippen LogP contribution in [0.3, 0.4) is 0 Å². The van der Waals surface area contributed by atoms with Gasteiger partial charge in [-0.05, 0) is 24.4 Å². The maximum Gasteiger partial charge on any atom is 0.392 e. The highest BCUT2D eigenvalue weighted by Gasteiger charge is 2.42. The van der Waals surface area contributed by atoms with Crippen molar-refractivity contribution in [3.05, 3.63) is 35.9 Å². The molecule has 0 aliphatic rings. The maximum atomic E-state index is 12.8. The van der Waals surface area contributed by atoms with Crippen molar-refractivity contribution in [3.8, 4) is 0 Å². The van der Waals surface area contributed by atoms with E-state index in [1.54, 1.807) is 37.3 Å². The summed E-state index contributed by atoms with van der Waals surface area (Å²) in [5, 5.41) is 0. The van der Waals surface area contributed by atoms with Gasteiger partial charge in [-0.1, -0.05) is 37.3 Å². The molecule has 0 radical (unpaired) electrons. The van der Waals surface area contributed by atoms with Gasteiger partial charge in [0.2, 0.25) is 0 Å². The van der Waals surface area contributed by atoms with E-state index < -0.39 is 18.0 Å². The van der Waals surface area contributed by atoms with Gasteiger partial charge < -0.3 is 5.73 Å². The predicted molar refractivity (Wildman–Crippen MR) is 58.1 cm³/mol. The van der Waals surface area contributed by atoms with Crippen molar-refractivity contribution in [1.82, 2.24) is 0 Å². The molecule has 0 fully saturated rings. The van der Waals surface area contributed by atoms with Crippen LogP contribution in [-0.4, -0.2) is 12.7 Å². The molecule has 0 bridgehead atoms. The second-order valence-electron chi connectivity index (χ2n) is 3.92. The van der Waals surface area contributed by atoms with Gasteiger partial charge in [-0.3, -0.25) is 0 Å². The van der Waals surface area contributed by atoms with Gasteiger partial charge in [0.25, 0.3) is 0 Å². The molecule has 0 saturated carbocycles. The van der Waals surface area contributed by atoms with Crippen LogP contribution in [0.2, 0.25) is 0 Å². The zero-order valence-electron chi connectivity index (χ0n) is 9.17. The minimum atomic E-state index is -4.19. The lowest BCUT2D eigenvalue weighted by Gasteiger charge is -2.26. The van der Waals surface area contributed by atoms with Crippen LogP contribution < -0.4 is 5.73 Å². The van der Waals surface area contributed by atoms with Gasteiger partial charge >= 0.3 is 6.18 Å². The van der Waals surface area contributed by atoms with Gasteiger partial charge in [-0.25, -0.2) is 0 Å². The Hall–Kier alpha value is -1.03. The molecule has 2 atom stereocenters. The van der Waals surface area contributed by atoms with Gasteiger partial charge in [0, 0.05) is 0 Å². The number of rotatable bonds is 4. The van der Waals surface area contributed by atoms with Gasteiger partial charge in [0.1, 0.15) is 0 Å². The number of hydrogen-bond donors (Lipinski definition) is 1. The molecule has 4 heteroatoms. The van der Waals surface area contributed by atoms with Crippen molar-refractivity contribution in [2.75, 3.05) is 6.54 Å². The van der Waals surface area contributed by atoms with Crippen LogP contribution >= 0.6 is 0 Å². The Bertz CT molecular complexity index is 308. The van der Waals surface area contributed by atoms with E-state index in [1.165, 1.54) is 0 Å². The molecule has 0 aromatic heterocycles. The molecule has 0 aliphatic heterocycles. The fourth-order valence-electron chi connectivity index (χ4n) is 1.87. The van der Waals surface area contributed by atoms with Crippen molar-refractivity contribution < 1.29 is 13.2 Å². The number of halogens is 3. The normalized spacial score (nSPS) is 15.8. The highest BCUT2D eigenvalue weighted by molar-refractivity contribution is 5.20. The number of alkyl halides is 3. The number of hydrogen-bond acceptors (Lipinski definition) is 1. The first kappa shape index (κ1) is 13.0. The average molecular weight is 231 g/mol. The summed E-state index contributed by atoms with van der Waals surface area (Å²) in [6.45, 7) is 1.66. The summed E-state index contributed by atoms with van der Waals surface area (Å²) in [5.74, 6) is -1.91. The lowest BCUT2D eigenvalue weighted by atomic mass is 9.85. The van der Waals surface area contributed by atoms with E-state index in [9.17, 15) is 13.2 Å². The highest BCUT2D eigenvalue weighted by atomic mass is 19.4. The molecule has 0 amide bonds. The molecule has 90 valence electrons. The van der Waals surface area contributed by atoms with E-state index in [2.05, 4.69) is 0 Å². The Morgan fingerprint density at radius 1 is 1.19 bits per heavy atom. The quantitative estimate of drug-likeness (QED) is 0.845. The van der Waals surface area contributed by atoms with Gasteiger partial charge in [-0.15, -0.1) is 0 Å². The van der Waals surface area contributed by atoms with Crippen LogP contribution in [-0.2, 0) is 0 Å². The molecule has 1 aromatic rings. The predicted octanol–water partition coefficient (Wildman–Crippen LogP) is 3.32. The first-order valence-electron chi connectivity index (χ1n) is 5.28. The minimum absolute atomic E-state index is 0.0282. The van der Waals surface area contributed by atoms with E-state index >= 15 is 0 Å². The van der Waals surface area contributed by atoms with E-state index in [-0.39, 0.29) is 13.0 Å². The summed E-state index contributed by atoms with van der Waals surface area (Å²) in [5.41, 5.74) is 5.95. The topological polar surface area (TPSA) is 26.0 Å². The van der Waals surface area contributed by atoms with Gasteiger partial charge in [-0.2, -0.15) is 13.2 Å².